The van der Waals surface area contributed by atoms with Crippen molar-refractivity contribution in [2.45, 2.75) is 18.9 Å². The number of nitrogens with one attached hydrogen (secondary N) is 2. The van der Waals surface area contributed by atoms with Crippen LogP contribution in [0, 0.1) is 23.3 Å². The predicted molar refractivity (Wildman–Crippen MR) is 208 cm³/mol. The average molecular weight is 836 g/mol. The molecule has 3 aromatic heterocycles. The number of hydrogen-bond acceptors (Lipinski definition) is 8. The second-order valence-corrected chi connectivity index (χ2v) is 15.3. The van der Waals surface area contributed by atoms with E-state index in [1.165, 1.54) is 43.1 Å². The summed E-state index contributed by atoms with van der Waals surface area (Å²) in [6, 6.07) is 16.2. The van der Waals surface area contributed by atoms with Crippen LogP contribution in [0.25, 0.3) is 38.9 Å². The molecule has 298 valence electrons. The fraction of sp³-hybridized carbons (Fsp3) is 0.154. The fourth-order valence-corrected chi connectivity index (χ4v) is 7.86. The molecule has 0 spiro atoms. The lowest BCUT2D eigenvalue weighted by Gasteiger charge is -2.22. The van der Waals surface area contributed by atoms with Crippen molar-refractivity contribution in [3.63, 3.8) is 0 Å². The third-order valence-electron chi connectivity index (χ3n) is 9.16. The van der Waals surface area contributed by atoms with Crippen LogP contribution in [0.5, 0.6) is 5.75 Å². The topological polar surface area (TPSA) is 170 Å². The maximum Gasteiger partial charge on any atom is 0.405 e. The molecule has 0 fully saturated rings. The number of carbonyl (C=O) groups is 1. The molecule has 58 heavy (non-hydrogen) atoms. The van der Waals surface area contributed by atoms with Crippen LogP contribution in [0.1, 0.15) is 23.0 Å². The zero-order valence-corrected chi connectivity index (χ0v) is 31.9. The van der Waals surface area contributed by atoms with Crippen molar-refractivity contribution in [3.05, 3.63) is 141 Å². The van der Waals surface area contributed by atoms with Gasteiger partial charge >= 0.3 is 6.09 Å². The van der Waals surface area contributed by atoms with Crippen molar-refractivity contribution in [2.24, 2.45) is 7.05 Å². The molecule has 19 heteroatoms. The first-order chi connectivity index (χ1) is 27.6. The van der Waals surface area contributed by atoms with Crippen molar-refractivity contribution in [1.29, 1.82) is 0 Å². The van der Waals surface area contributed by atoms with Gasteiger partial charge in [-0.2, -0.15) is 5.10 Å². The summed E-state index contributed by atoms with van der Waals surface area (Å²) in [5.74, 6) is -3.93. The number of nitrogens with zero attached hydrogens (tertiary/aromatic N) is 5. The number of rotatable bonds is 12. The maximum atomic E-state index is 14.9. The highest BCUT2D eigenvalue weighted by Gasteiger charge is 2.28. The molecule has 0 bridgehead atoms. The van der Waals surface area contributed by atoms with Gasteiger partial charge in [0.25, 0.3) is 5.56 Å². The third kappa shape index (κ3) is 8.14. The van der Waals surface area contributed by atoms with E-state index >= 15 is 0 Å². The second kappa shape index (κ2) is 15.8. The highest BCUT2D eigenvalue weighted by atomic mass is 35.5. The van der Waals surface area contributed by atoms with Gasteiger partial charge in [0, 0.05) is 31.2 Å². The monoisotopic (exact) mass is 835 g/mol. The van der Waals surface area contributed by atoms with Gasteiger partial charge in [-0.1, -0.05) is 23.7 Å². The average Bonchev–Trinajstić information content (AvgIpc) is 3.48. The Kier molecular flexibility index (Phi) is 10.8. The van der Waals surface area contributed by atoms with Crippen LogP contribution in [0.3, 0.4) is 0 Å². The molecule has 0 saturated carbocycles. The molecule has 1 amide bonds. The third-order valence-corrected chi connectivity index (χ3v) is 10.7. The Bertz CT molecular complexity index is 2910. The minimum atomic E-state index is -4.06. The van der Waals surface area contributed by atoms with Crippen LogP contribution in [0.4, 0.5) is 28.2 Å². The number of amides is 1. The van der Waals surface area contributed by atoms with Gasteiger partial charge < -0.3 is 15.2 Å². The number of halogens is 5. The van der Waals surface area contributed by atoms with Gasteiger partial charge in [-0.3, -0.25) is 18.8 Å². The largest absolute Gasteiger partial charge is 0.497 e. The lowest BCUT2D eigenvalue weighted by molar-refractivity contribution is 0.189. The molecule has 0 unspecified atom stereocenters. The molecular weight excluding hydrogens is 806 g/mol. The highest BCUT2D eigenvalue weighted by Crippen LogP contribution is 2.36. The van der Waals surface area contributed by atoms with Crippen LogP contribution in [0.15, 0.2) is 89.7 Å². The summed E-state index contributed by atoms with van der Waals surface area (Å²) in [4.78, 5) is 35.9. The van der Waals surface area contributed by atoms with Gasteiger partial charge in [0.2, 0.25) is 10.0 Å². The zero-order valence-electron chi connectivity index (χ0n) is 30.3. The lowest BCUT2D eigenvalue weighted by Crippen LogP contribution is -2.35. The number of aryl methyl sites for hydroxylation is 2. The molecule has 1 atom stereocenters. The first-order valence-corrected chi connectivity index (χ1v) is 19.3. The Balaban J connectivity index is 1.41. The summed E-state index contributed by atoms with van der Waals surface area (Å²) >= 11 is 6.68. The van der Waals surface area contributed by atoms with E-state index in [1.54, 1.807) is 24.3 Å². The van der Waals surface area contributed by atoms with E-state index in [-0.39, 0.29) is 73.3 Å². The molecule has 4 aromatic carbocycles. The van der Waals surface area contributed by atoms with Gasteiger partial charge in [0.1, 0.15) is 34.8 Å². The van der Waals surface area contributed by atoms with Crippen LogP contribution in [-0.2, 0) is 29.9 Å². The summed E-state index contributed by atoms with van der Waals surface area (Å²) in [5.41, 5.74) is -0.450. The van der Waals surface area contributed by atoms with Crippen molar-refractivity contribution in [1.82, 2.24) is 29.6 Å². The molecule has 3 N–H and O–H groups in total. The number of benzene rings is 4. The summed E-state index contributed by atoms with van der Waals surface area (Å²) in [6.07, 6.45) is -1.89. The summed E-state index contributed by atoms with van der Waals surface area (Å²) in [5, 5.41) is 16.6. The number of ether oxygens (including phenoxy) is 1. The van der Waals surface area contributed by atoms with Crippen molar-refractivity contribution in [2.75, 3.05) is 17.6 Å². The summed E-state index contributed by atoms with van der Waals surface area (Å²) < 4.78 is 94.1. The summed E-state index contributed by atoms with van der Waals surface area (Å²) in [6.45, 7) is 0. The van der Waals surface area contributed by atoms with Gasteiger partial charge in [0.15, 0.2) is 11.5 Å². The molecule has 7 rings (SSSR count). The SMILES string of the molecule is COc1ccc(CCS(=O)(=O)Nc2nn(C)c3c(-n4c([C@H](Cc5cc(F)cc(F)c5)NC(=O)O)nc5nc(-c6ccc(F)cc6F)ccc5c4=O)ccc(Cl)c23)cc1. The van der Waals surface area contributed by atoms with Gasteiger partial charge in [-0.25, -0.2) is 40.7 Å². The second-order valence-electron chi connectivity index (χ2n) is 13.1. The predicted octanol–water partition coefficient (Wildman–Crippen LogP) is 7.09. The Hall–Kier alpha value is -6.53. The van der Waals surface area contributed by atoms with Gasteiger partial charge in [-0.15, -0.1) is 0 Å². The van der Waals surface area contributed by atoms with Gasteiger partial charge in [-0.05, 0) is 78.2 Å². The number of anilines is 1. The maximum absolute atomic E-state index is 14.9. The Morgan fingerprint density at radius 2 is 1.64 bits per heavy atom. The molecular formula is C39H30ClF4N7O6S. The fourth-order valence-electron chi connectivity index (χ4n) is 6.57. The molecule has 0 radical (unpaired) electrons. The standard InChI is InChI=1S/C39H30ClF4N7O6S/c1-50-34-32(12-10-28(40)33(34)36(48-50)49-58(55,56)14-13-20-3-6-25(57-2)7-4-20)51-37(31(46-39(53)54)17-21-15-23(42)18-24(43)16-21)47-35-27(38(51)52)9-11-30(45-35)26-8-5-22(41)19-29(26)44/h3-12,15-16,18-19,31,46H,13-14,17H2,1-2H3,(H,48,49)(H,53,54)/t31-/m0/s1. The Morgan fingerprint density at radius 3 is 2.31 bits per heavy atom. The first kappa shape index (κ1) is 39.7. The number of hydrogen-bond donors (Lipinski definition) is 3. The van der Waals surface area contributed by atoms with Crippen LogP contribution < -0.4 is 20.3 Å². The molecule has 7 aromatic rings. The molecule has 3 heterocycles. The van der Waals surface area contributed by atoms with E-state index in [9.17, 15) is 40.7 Å². The van der Waals surface area contributed by atoms with E-state index in [0.29, 0.717) is 17.9 Å². The zero-order chi connectivity index (χ0) is 41.5. The van der Waals surface area contributed by atoms with Crippen molar-refractivity contribution < 1.29 is 40.6 Å². The molecule has 0 aliphatic carbocycles. The Labute approximate surface area is 331 Å². The number of sulfonamides is 1. The lowest BCUT2D eigenvalue weighted by atomic mass is 10.0. The van der Waals surface area contributed by atoms with Crippen LogP contribution >= 0.6 is 11.6 Å². The van der Waals surface area contributed by atoms with Crippen LogP contribution in [0.2, 0.25) is 5.02 Å². The quantitative estimate of drug-likeness (QED) is 0.109. The summed E-state index contributed by atoms with van der Waals surface area (Å²) in [7, 11) is -1.08. The molecule has 13 nitrogen and oxygen atoms in total. The molecule has 0 saturated heterocycles. The smallest absolute Gasteiger partial charge is 0.405 e. The number of carboxylic acid groups (broad SMARTS) is 1. The van der Waals surface area contributed by atoms with Gasteiger partial charge in [0.05, 0.1) is 51.6 Å². The van der Waals surface area contributed by atoms with E-state index in [2.05, 4.69) is 25.1 Å². The molecule has 0 aliphatic heterocycles. The van der Waals surface area contributed by atoms with E-state index in [4.69, 9.17) is 16.3 Å². The minimum Gasteiger partial charge on any atom is -0.497 e. The number of aromatic nitrogens is 5. The minimum absolute atomic E-state index is 0.00347. The van der Waals surface area contributed by atoms with Crippen molar-refractivity contribution in [3.8, 4) is 22.7 Å². The Morgan fingerprint density at radius 1 is 0.914 bits per heavy atom. The van der Waals surface area contributed by atoms with E-state index < -0.39 is 57.4 Å². The normalized spacial score (nSPS) is 12.2. The number of pyridine rings is 1. The van der Waals surface area contributed by atoms with E-state index in [0.717, 1.165) is 34.4 Å². The van der Waals surface area contributed by atoms with E-state index in [1.807, 2.05) is 0 Å². The number of fused-ring (bicyclic) bond motifs is 2. The number of methoxy groups -OCH3 is 1. The first-order valence-electron chi connectivity index (χ1n) is 17.2. The highest BCUT2D eigenvalue weighted by molar-refractivity contribution is 7.92. The van der Waals surface area contributed by atoms with Crippen molar-refractivity contribution >= 4 is 55.5 Å². The molecule has 0 aliphatic rings. The van der Waals surface area contributed by atoms with Crippen LogP contribution in [-0.4, -0.2) is 56.8 Å².